The van der Waals surface area contributed by atoms with Crippen molar-refractivity contribution >= 4 is 5.69 Å². The summed E-state index contributed by atoms with van der Waals surface area (Å²) >= 11 is 0. The van der Waals surface area contributed by atoms with Crippen LogP contribution in [0.15, 0.2) is 34.9 Å². The Morgan fingerprint density at radius 3 is 3.06 bits per heavy atom. The van der Waals surface area contributed by atoms with Crippen LogP contribution in [-0.2, 0) is 6.42 Å². The first-order valence-electron chi connectivity index (χ1n) is 6.32. The van der Waals surface area contributed by atoms with E-state index < -0.39 is 0 Å². The Hall–Kier alpha value is -1.77. The van der Waals surface area contributed by atoms with Gasteiger partial charge < -0.3 is 9.73 Å². The van der Waals surface area contributed by atoms with Crippen LogP contribution in [0.2, 0.25) is 0 Å². The number of aryl methyl sites for hydroxylation is 2. The molecule has 18 heavy (non-hydrogen) atoms. The Balaban J connectivity index is 1.86. The minimum absolute atomic E-state index is 0.194. The molecule has 3 heteroatoms. The molecule has 0 saturated heterocycles. The largest absolute Gasteiger partial charge is 0.469 e. The van der Waals surface area contributed by atoms with Crippen molar-refractivity contribution in [2.24, 2.45) is 0 Å². The Kier molecular flexibility index (Phi) is 2.82. The average molecular weight is 245 g/mol. The van der Waals surface area contributed by atoms with Gasteiger partial charge in [-0.3, -0.25) is 0 Å². The van der Waals surface area contributed by atoms with Crippen LogP contribution in [0, 0.1) is 12.7 Å². The van der Waals surface area contributed by atoms with Gasteiger partial charge in [-0.05, 0) is 49.6 Å². The van der Waals surface area contributed by atoms with E-state index in [1.165, 1.54) is 11.6 Å². The van der Waals surface area contributed by atoms with Crippen molar-refractivity contribution in [3.63, 3.8) is 0 Å². The molecule has 0 amide bonds. The van der Waals surface area contributed by atoms with Crippen LogP contribution < -0.4 is 5.32 Å². The van der Waals surface area contributed by atoms with Crippen molar-refractivity contribution in [1.29, 1.82) is 0 Å². The van der Waals surface area contributed by atoms with Crippen molar-refractivity contribution in [2.75, 3.05) is 5.32 Å². The Bertz CT molecular complexity index is 541. The third-order valence-electron chi connectivity index (χ3n) is 3.43. The van der Waals surface area contributed by atoms with Gasteiger partial charge in [0, 0.05) is 17.7 Å². The maximum absolute atomic E-state index is 13.4. The zero-order chi connectivity index (χ0) is 12.5. The molecule has 0 saturated carbocycles. The molecule has 2 nitrogen and oxygen atoms in total. The summed E-state index contributed by atoms with van der Waals surface area (Å²) < 4.78 is 18.8. The predicted octanol–water partition coefficient (Wildman–Crippen LogP) is 4.22. The summed E-state index contributed by atoms with van der Waals surface area (Å²) in [5, 5.41) is 3.40. The summed E-state index contributed by atoms with van der Waals surface area (Å²) in [4.78, 5) is 0. The monoisotopic (exact) mass is 245 g/mol. The topological polar surface area (TPSA) is 25.2 Å². The zero-order valence-corrected chi connectivity index (χ0v) is 10.4. The first kappa shape index (κ1) is 11.3. The molecular formula is C15H16FNO. The summed E-state index contributed by atoms with van der Waals surface area (Å²) in [6, 6.07) is 7.29. The van der Waals surface area contributed by atoms with Crippen LogP contribution in [0.5, 0.6) is 0 Å². The molecular weight excluding hydrogens is 229 g/mol. The minimum Gasteiger partial charge on any atom is -0.469 e. The molecule has 1 aliphatic rings. The third-order valence-corrected chi connectivity index (χ3v) is 3.43. The molecule has 0 radical (unpaired) electrons. The van der Waals surface area contributed by atoms with E-state index in [0.717, 1.165) is 36.3 Å². The molecule has 1 N–H and O–H groups in total. The van der Waals surface area contributed by atoms with Crippen LogP contribution in [0.25, 0.3) is 0 Å². The van der Waals surface area contributed by atoms with E-state index in [1.54, 1.807) is 12.3 Å². The van der Waals surface area contributed by atoms with Gasteiger partial charge in [0.1, 0.15) is 11.6 Å². The number of furan rings is 1. The molecule has 1 aromatic carbocycles. The molecule has 1 unspecified atom stereocenters. The number of anilines is 1. The Morgan fingerprint density at radius 1 is 1.33 bits per heavy atom. The van der Waals surface area contributed by atoms with Gasteiger partial charge in [-0.15, -0.1) is 0 Å². The van der Waals surface area contributed by atoms with Crippen LogP contribution >= 0.6 is 0 Å². The number of nitrogens with one attached hydrogen (secondary N) is 1. The third kappa shape index (κ3) is 2.13. The lowest BCUT2D eigenvalue weighted by Crippen LogP contribution is -2.16. The number of halogens is 1. The summed E-state index contributed by atoms with van der Waals surface area (Å²) in [5.41, 5.74) is 2.98. The average Bonchev–Trinajstić information content (AvgIpc) is 2.76. The molecule has 1 heterocycles. The molecule has 1 atom stereocenters. The molecule has 0 aliphatic heterocycles. The fourth-order valence-electron chi connectivity index (χ4n) is 2.66. The van der Waals surface area contributed by atoms with Crippen LogP contribution in [0.3, 0.4) is 0 Å². The number of fused-ring (bicyclic) bond motifs is 1. The quantitative estimate of drug-likeness (QED) is 0.857. The standard InChI is InChI=1S/C15H16FNO/c1-10-7-11(16)9-12(8-10)17-14-3-2-4-15-13(14)5-6-18-15/h5-9,14,17H,2-4H2,1H3. The first-order chi connectivity index (χ1) is 8.72. The molecule has 94 valence electrons. The Labute approximate surface area is 106 Å². The maximum Gasteiger partial charge on any atom is 0.125 e. The summed E-state index contributed by atoms with van der Waals surface area (Å²) in [6.45, 7) is 1.90. The van der Waals surface area contributed by atoms with Gasteiger partial charge in [-0.25, -0.2) is 4.39 Å². The van der Waals surface area contributed by atoms with Gasteiger partial charge >= 0.3 is 0 Å². The van der Waals surface area contributed by atoms with Gasteiger partial charge in [0.25, 0.3) is 0 Å². The van der Waals surface area contributed by atoms with Crippen molar-refractivity contribution in [3.05, 3.63) is 53.2 Å². The van der Waals surface area contributed by atoms with Crippen LogP contribution in [-0.4, -0.2) is 0 Å². The van der Waals surface area contributed by atoms with Crippen LogP contribution in [0.4, 0.5) is 10.1 Å². The molecule has 1 aromatic heterocycles. The summed E-state index contributed by atoms with van der Waals surface area (Å²) in [5.74, 6) is 0.868. The van der Waals surface area contributed by atoms with Gasteiger partial charge in [-0.2, -0.15) is 0 Å². The maximum atomic E-state index is 13.4. The van der Waals surface area contributed by atoms with Crippen molar-refractivity contribution in [2.45, 2.75) is 32.2 Å². The van der Waals surface area contributed by atoms with E-state index in [0.29, 0.717) is 0 Å². The highest BCUT2D eigenvalue weighted by atomic mass is 19.1. The second-order valence-corrected chi connectivity index (χ2v) is 4.91. The lowest BCUT2D eigenvalue weighted by molar-refractivity contribution is 0.461. The predicted molar refractivity (Wildman–Crippen MR) is 69.1 cm³/mol. The van der Waals surface area contributed by atoms with E-state index in [-0.39, 0.29) is 11.9 Å². The van der Waals surface area contributed by atoms with Crippen molar-refractivity contribution in [3.8, 4) is 0 Å². The number of rotatable bonds is 2. The fraction of sp³-hybridized carbons (Fsp3) is 0.333. The SMILES string of the molecule is Cc1cc(F)cc(NC2CCCc3occc32)c1. The Morgan fingerprint density at radius 2 is 2.22 bits per heavy atom. The highest BCUT2D eigenvalue weighted by Gasteiger charge is 2.22. The van der Waals surface area contributed by atoms with E-state index in [4.69, 9.17) is 4.42 Å². The number of hydrogen-bond donors (Lipinski definition) is 1. The number of hydrogen-bond acceptors (Lipinski definition) is 2. The highest BCUT2D eigenvalue weighted by molar-refractivity contribution is 5.48. The molecule has 3 rings (SSSR count). The summed E-state index contributed by atoms with van der Waals surface area (Å²) in [7, 11) is 0. The van der Waals surface area contributed by atoms with E-state index in [1.807, 2.05) is 19.1 Å². The van der Waals surface area contributed by atoms with Crippen LogP contribution in [0.1, 0.15) is 35.8 Å². The molecule has 1 aliphatic carbocycles. The van der Waals surface area contributed by atoms with Crippen molar-refractivity contribution < 1.29 is 8.81 Å². The molecule has 0 spiro atoms. The van der Waals surface area contributed by atoms with E-state index in [2.05, 4.69) is 5.32 Å². The van der Waals surface area contributed by atoms with E-state index >= 15 is 0 Å². The smallest absolute Gasteiger partial charge is 0.125 e. The lowest BCUT2D eigenvalue weighted by Gasteiger charge is -2.24. The molecule has 2 aromatic rings. The van der Waals surface area contributed by atoms with Gasteiger partial charge in [-0.1, -0.05) is 0 Å². The zero-order valence-electron chi connectivity index (χ0n) is 10.4. The van der Waals surface area contributed by atoms with Gasteiger partial charge in [0.15, 0.2) is 0 Å². The second-order valence-electron chi connectivity index (χ2n) is 4.91. The second kappa shape index (κ2) is 4.48. The fourth-order valence-corrected chi connectivity index (χ4v) is 2.66. The first-order valence-corrected chi connectivity index (χ1v) is 6.32. The normalized spacial score (nSPS) is 18.4. The number of benzene rings is 1. The molecule has 0 fully saturated rings. The molecule has 0 bridgehead atoms. The van der Waals surface area contributed by atoms with Crippen molar-refractivity contribution in [1.82, 2.24) is 0 Å². The van der Waals surface area contributed by atoms with E-state index in [9.17, 15) is 4.39 Å². The summed E-state index contributed by atoms with van der Waals surface area (Å²) in [6.07, 6.45) is 4.90. The van der Waals surface area contributed by atoms with Gasteiger partial charge in [0.05, 0.1) is 12.3 Å². The minimum atomic E-state index is -0.194. The van der Waals surface area contributed by atoms with Gasteiger partial charge in [0.2, 0.25) is 0 Å². The lowest BCUT2D eigenvalue weighted by atomic mass is 9.93. The highest BCUT2D eigenvalue weighted by Crippen LogP contribution is 2.33.